The zero-order chi connectivity index (χ0) is 14.9. The molecule has 0 spiro atoms. The molecule has 0 unspecified atom stereocenters. The van der Waals surface area contributed by atoms with Crippen LogP contribution in [0.1, 0.15) is 11.1 Å². The lowest BCUT2D eigenvalue weighted by Gasteiger charge is -2.06. The molecule has 108 valence electrons. The first-order valence-corrected chi connectivity index (χ1v) is 6.96. The Morgan fingerprint density at radius 1 is 1.19 bits per heavy atom. The van der Waals surface area contributed by atoms with Crippen molar-refractivity contribution in [1.82, 2.24) is 10.7 Å². The van der Waals surface area contributed by atoms with Gasteiger partial charge in [-0.3, -0.25) is 5.43 Å². The quantitative estimate of drug-likeness (QED) is 0.506. The second-order valence-electron chi connectivity index (χ2n) is 4.30. The summed E-state index contributed by atoms with van der Waals surface area (Å²) in [6, 6.07) is 17.8. The number of ether oxygens (including phenoxy) is 1. The minimum Gasteiger partial charge on any atom is -0.489 e. The van der Waals surface area contributed by atoms with Crippen molar-refractivity contribution < 1.29 is 4.74 Å². The van der Waals surface area contributed by atoms with E-state index in [4.69, 9.17) is 17.0 Å². The summed E-state index contributed by atoms with van der Waals surface area (Å²) in [6.07, 6.45) is 1.69. The number of nitrogens with one attached hydrogen (secondary N) is 2. The van der Waals surface area contributed by atoms with Crippen molar-refractivity contribution in [1.29, 1.82) is 0 Å². The lowest BCUT2D eigenvalue weighted by molar-refractivity contribution is 0.306. The van der Waals surface area contributed by atoms with E-state index >= 15 is 0 Å². The fraction of sp³-hybridized carbons (Fsp3) is 0.125. The largest absolute Gasteiger partial charge is 0.489 e. The van der Waals surface area contributed by atoms with Crippen LogP contribution in [-0.2, 0) is 6.61 Å². The highest BCUT2D eigenvalue weighted by Gasteiger charge is 1.97. The van der Waals surface area contributed by atoms with E-state index in [2.05, 4.69) is 15.8 Å². The minimum absolute atomic E-state index is 0.475. The summed E-state index contributed by atoms with van der Waals surface area (Å²) in [6.45, 7) is 0.545. The summed E-state index contributed by atoms with van der Waals surface area (Å²) >= 11 is 4.93. The van der Waals surface area contributed by atoms with Crippen LogP contribution in [0.2, 0.25) is 0 Å². The second-order valence-corrected chi connectivity index (χ2v) is 4.70. The number of benzene rings is 2. The highest BCUT2D eigenvalue weighted by Crippen LogP contribution is 2.14. The average molecular weight is 299 g/mol. The van der Waals surface area contributed by atoms with E-state index in [1.807, 2.05) is 54.6 Å². The number of thiocarbonyl (C=S) groups is 1. The Kier molecular flexibility index (Phi) is 5.72. The number of rotatable bonds is 5. The van der Waals surface area contributed by atoms with Crippen LogP contribution in [0.25, 0.3) is 0 Å². The van der Waals surface area contributed by atoms with Crippen LogP contribution in [0.5, 0.6) is 5.75 Å². The van der Waals surface area contributed by atoms with E-state index in [0.717, 1.165) is 16.9 Å². The van der Waals surface area contributed by atoms with Crippen LogP contribution < -0.4 is 15.5 Å². The molecule has 0 radical (unpaired) electrons. The summed E-state index contributed by atoms with van der Waals surface area (Å²) in [5.41, 5.74) is 4.78. The second kappa shape index (κ2) is 8.01. The van der Waals surface area contributed by atoms with Crippen molar-refractivity contribution in [2.75, 3.05) is 7.05 Å². The molecule has 0 aliphatic heterocycles. The van der Waals surface area contributed by atoms with Crippen LogP contribution >= 0.6 is 12.2 Å². The van der Waals surface area contributed by atoms with Crippen molar-refractivity contribution in [2.24, 2.45) is 5.10 Å². The zero-order valence-electron chi connectivity index (χ0n) is 11.7. The molecule has 2 N–H and O–H groups in total. The minimum atomic E-state index is 0.475. The molecule has 0 atom stereocenters. The van der Waals surface area contributed by atoms with Gasteiger partial charge in [-0.15, -0.1) is 0 Å². The van der Waals surface area contributed by atoms with Crippen LogP contribution in [-0.4, -0.2) is 18.4 Å². The van der Waals surface area contributed by atoms with Crippen LogP contribution in [0.3, 0.4) is 0 Å². The molecule has 0 aliphatic rings. The Hall–Kier alpha value is -2.40. The monoisotopic (exact) mass is 299 g/mol. The van der Waals surface area contributed by atoms with Crippen molar-refractivity contribution in [3.63, 3.8) is 0 Å². The Morgan fingerprint density at radius 3 is 2.76 bits per heavy atom. The lowest BCUT2D eigenvalue weighted by atomic mass is 10.2. The lowest BCUT2D eigenvalue weighted by Crippen LogP contribution is -2.28. The number of hydrogen-bond acceptors (Lipinski definition) is 3. The third-order valence-electron chi connectivity index (χ3n) is 2.71. The first-order valence-electron chi connectivity index (χ1n) is 6.55. The molecule has 0 heterocycles. The normalized spacial score (nSPS) is 10.3. The predicted octanol–water partition coefficient (Wildman–Crippen LogP) is 2.69. The molecule has 2 aromatic rings. The van der Waals surface area contributed by atoms with Crippen molar-refractivity contribution in [3.8, 4) is 5.75 Å². The van der Waals surface area contributed by atoms with E-state index in [1.165, 1.54) is 0 Å². The Labute approximate surface area is 129 Å². The SMILES string of the molecule is CNC(=S)N/N=C\c1cccc(OCc2ccccc2)c1. The number of hydrazone groups is 1. The van der Waals surface area contributed by atoms with E-state index in [9.17, 15) is 0 Å². The van der Waals surface area contributed by atoms with Crippen molar-refractivity contribution in [3.05, 3.63) is 65.7 Å². The van der Waals surface area contributed by atoms with Gasteiger partial charge in [-0.1, -0.05) is 42.5 Å². The van der Waals surface area contributed by atoms with E-state index < -0.39 is 0 Å². The topological polar surface area (TPSA) is 45.7 Å². The molecule has 0 amide bonds. The molecule has 0 aliphatic carbocycles. The number of hydrogen-bond donors (Lipinski definition) is 2. The molecule has 0 bridgehead atoms. The molecule has 0 fully saturated rings. The van der Waals surface area contributed by atoms with Gasteiger partial charge in [0.25, 0.3) is 0 Å². The summed E-state index contributed by atoms with van der Waals surface area (Å²) < 4.78 is 5.76. The first-order chi connectivity index (χ1) is 10.3. The van der Waals surface area contributed by atoms with Gasteiger partial charge in [-0.25, -0.2) is 0 Å². The predicted molar refractivity (Wildman–Crippen MR) is 89.6 cm³/mol. The zero-order valence-corrected chi connectivity index (χ0v) is 12.6. The van der Waals surface area contributed by atoms with Gasteiger partial charge in [0.15, 0.2) is 5.11 Å². The number of nitrogens with zero attached hydrogens (tertiary/aromatic N) is 1. The van der Waals surface area contributed by atoms with Gasteiger partial charge >= 0.3 is 0 Å². The van der Waals surface area contributed by atoms with Gasteiger partial charge in [0, 0.05) is 7.05 Å². The molecule has 5 heteroatoms. The van der Waals surface area contributed by atoms with Gasteiger partial charge < -0.3 is 10.1 Å². The molecular weight excluding hydrogens is 282 g/mol. The van der Waals surface area contributed by atoms with Gasteiger partial charge in [-0.2, -0.15) is 5.10 Å². The molecule has 2 rings (SSSR count). The summed E-state index contributed by atoms with van der Waals surface area (Å²) in [4.78, 5) is 0. The molecule has 0 aromatic heterocycles. The van der Waals surface area contributed by atoms with E-state index in [-0.39, 0.29) is 0 Å². The third-order valence-corrected chi connectivity index (χ3v) is 3.01. The van der Waals surface area contributed by atoms with Crippen LogP contribution in [0, 0.1) is 0 Å². The fourth-order valence-electron chi connectivity index (χ4n) is 1.65. The Morgan fingerprint density at radius 2 is 2.00 bits per heavy atom. The third kappa shape index (κ3) is 5.24. The molecule has 0 saturated heterocycles. The standard InChI is InChI=1S/C16H17N3OS/c1-17-16(21)19-18-11-14-8-5-9-15(10-14)20-12-13-6-3-2-4-7-13/h2-11H,12H2,1H3,(H2,17,19,21)/b18-11-. The maximum absolute atomic E-state index is 5.76. The molecular formula is C16H17N3OS. The average Bonchev–Trinajstić information content (AvgIpc) is 2.54. The summed E-state index contributed by atoms with van der Waals surface area (Å²) in [5, 5.41) is 7.30. The van der Waals surface area contributed by atoms with Gasteiger partial charge in [-0.05, 0) is 35.5 Å². The highest BCUT2D eigenvalue weighted by molar-refractivity contribution is 7.80. The highest BCUT2D eigenvalue weighted by atomic mass is 32.1. The van der Waals surface area contributed by atoms with Crippen LogP contribution in [0.15, 0.2) is 59.7 Å². The molecule has 21 heavy (non-hydrogen) atoms. The van der Waals surface area contributed by atoms with Crippen molar-refractivity contribution in [2.45, 2.75) is 6.61 Å². The van der Waals surface area contributed by atoms with Crippen LogP contribution in [0.4, 0.5) is 0 Å². The summed E-state index contributed by atoms with van der Waals surface area (Å²) in [5.74, 6) is 0.805. The Balaban J connectivity index is 1.93. The summed E-state index contributed by atoms with van der Waals surface area (Å²) in [7, 11) is 1.74. The first kappa shape index (κ1) is 15.0. The molecule has 2 aromatic carbocycles. The van der Waals surface area contributed by atoms with E-state index in [1.54, 1.807) is 13.3 Å². The maximum Gasteiger partial charge on any atom is 0.186 e. The fourth-order valence-corrected chi connectivity index (χ4v) is 1.70. The smallest absolute Gasteiger partial charge is 0.186 e. The van der Waals surface area contributed by atoms with Gasteiger partial charge in [0.05, 0.1) is 6.21 Å². The Bertz CT molecular complexity index is 614. The van der Waals surface area contributed by atoms with Crippen molar-refractivity contribution >= 4 is 23.5 Å². The molecule has 4 nitrogen and oxygen atoms in total. The maximum atomic E-state index is 5.76. The molecule has 0 saturated carbocycles. The van der Waals surface area contributed by atoms with E-state index in [0.29, 0.717) is 11.7 Å². The van der Waals surface area contributed by atoms with Gasteiger partial charge in [0.1, 0.15) is 12.4 Å². The van der Waals surface area contributed by atoms with Gasteiger partial charge in [0.2, 0.25) is 0 Å².